The van der Waals surface area contributed by atoms with Crippen molar-refractivity contribution in [2.45, 2.75) is 13.0 Å². The van der Waals surface area contributed by atoms with Crippen molar-refractivity contribution in [3.05, 3.63) is 35.4 Å². The van der Waals surface area contributed by atoms with E-state index in [2.05, 4.69) is 0 Å². The van der Waals surface area contributed by atoms with Gasteiger partial charge in [0.15, 0.2) is 0 Å². The summed E-state index contributed by atoms with van der Waals surface area (Å²) in [6.45, 7) is 2.06. The quantitative estimate of drug-likeness (QED) is 0.785. The number of benzene rings is 1. The zero-order valence-electron chi connectivity index (χ0n) is 10.3. The number of carbonyl (C=O) groups is 2. The van der Waals surface area contributed by atoms with Crippen molar-refractivity contribution in [1.82, 2.24) is 4.90 Å². The first-order valence-corrected chi connectivity index (χ1v) is 5.81. The number of hydrogen-bond donors (Lipinski definition) is 1. The minimum absolute atomic E-state index is 0.0494. The fraction of sp³-hybridized carbons (Fsp3) is 0.385. The molecule has 1 unspecified atom stereocenters. The van der Waals surface area contributed by atoms with Gasteiger partial charge in [-0.2, -0.15) is 0 Å². The molecule has 1 aromatic rings. The molecule has 0 spiro atoms. The molecule has 18 heavy (non-hydrogen) atoms. The first-order valence-electron chi connectivity index (χ1n) is 5.81. The Morgan fingerprint density at radius 2 is 1.89 bits per heavy atom. The SMILES string of the molecule is Cc1ccccc1C(N)CN1C(=O)COCC1=O. The van der Waals surface area contributed by atoms with E-state index >= 15 is 0 Å². The smallest absolute Gasteiger partial charge is 0.255 e. The maximum atomic E-state index is 11.6. The van der Waals surface area contributed by atoms with Crippen LogP contribution in [-0.2, 0) is 14.3 Å². The van der Waals surface area contributed by atoms with Crippen LogP contribution in [0.25, 0.3) is 0 Å². The Kier molecular flexibility index (Phi) is 3.74. The fourth-order valence-electron chi connectivity index (χ4n) is 2.02. The minimum Gasteiger partial charge on any atom is -0.362 e. The van der Waals surface area contributed by atoms with E-state index in [1.54, 1.807) is 0 Å². The average molecular weight is 248 g/mol. The molecule has 1 fully saturated rings. The topological polar surface area (TPSA) is 72.6 Å². The van der Waals surface area contributed by atoms with Gasteiger partial charge < -0.3 is 10.5 Å². The van der Waals surface area contributed by atoms with Crippen LogP contribution in [0.3, 0.4) is 0 Å². The van der Waals surface area contributed by atoms with Crippen molar-refractivity contribution in [2.24, 2.45) is 5.73 Å². The van der Waals surface area contributed by atoms with Crippen LogP contribution in [0.15, 0.2) is 24.3 Å². The van der Waals surface area contributed by atoms with Crippen LogP contribution in [0.2, 0.25) is 0 Å². The molecule has 0 radical (unpaired) electrons. The Hall–Kier alpha value is -1.72. The third-order valence-electron chi connectivity index (χ3n) is 3.02. The Morgan fingerprint density at radius 1 is 1.28 bits per heavy atom. The molecule has 2 amide bonds. The minimum atomic E-state index is -0.364. The molecule has 1 atom stereocenters. The summed E-state index contributed by atoms with van der Waals surface area (Å²) in [7, 11) is 0. The van der Waals surface area contributed by atoms with Crippen LogP contribution in [-0.4, -0.2) is 36.5 Å². The van der Waals surface area contributed by atoms with Crippen molar-refractivity contribution in [2.75, 3.05) is 19.8 Å². The lowest BCUT2D eigenvalue weighted by Crippen LogP contribution is -2.48. The normalized spacial score (nSPS) is 18.0. The van der Waals surface area contributed by atoms with Crippen LogP contribution >= 0.6 is 0 Å². The fourth-order valence-corrected chi connectivity index (χ4v) is 2.02. The number of aryl methyl sites for hydroxylation is 1. The molecule has 0 bridgehead atoms. The largest absolute Gasteiger partial charge is 0.362 e. The highest BCUT2D eigenvalue weighted by Crippen LogP contribution is 2.17. The van der Waals surface area contributed by atoms with Crippen LogP contribution < -0.4 is 5.73 Å². The molecule has 5 nitrogen and oxygen atoms in total. The molecule has 1 aliphatic rings. The second-order valence-corrected chi connectivity index (χ2v) is 4.35. The van der Waals surface area contributed by atoms with Gasteiger partial charge in [0.25, 0.3) is 11.8 Å². The van der Waals surface area contributed by atoms with Gasteiger partial charge in [-0.05, 0) is 18.1 Å². The lowest BCUT2D eigenvalue weighted by molar-refractivity contribution is -0.158. The van der Waals surface area contributed by atoms with Gasteiger partial charge in [0.2, 0.25) is 0 Å². The van der Waals surface area contributed by atoms with Gasteiger partial charge in [0.05, 0.1) is 0 Å². The molecule has 96 valence electrons. The summed E-state index contributed by atoms with van der Waals surface area (Å²) in [6.07, 6.45) is 0. The van der Waals surface area contributed by atoms with Gasteiger partial charge in [-0.25, -0.2) is 0 Å². The van der Waals surface area contributed by atoms with E-state index in [-0.39, 0.29) is 37.6 Å². The van der Waals surface area contributed by atoms with Crippen molar-refractivity contribution < 1.29 is 14.3 Å². The Labute approximate surface area is 106 Å². The van der Waals surface area contributed by atoms with Gasteiger partial charge in [-0.1, -0.05) is 24.3 Å². The molecule has 2 N–H and O–H groups in total. The number of carbonyl (C=O) groups excluding carboxylic acids is 2. The summed E-state index contributed by atoms with van der Waals surface area (Å²) >= 11 is 0. The van der Waals surface area contributed by atoms with E-state index in [4.69, 9.17) is 10.5 Å². The number of nitrogens with zero attached hydrogens (tertiary/aromatic N) is 1. The molecule has 1 heterocycles. The summed E-state index contributed by atoms with van der Waals surface area (Å²) in [5, 5.41) is 0. The molecule has 2 rings (SSSR count). The van der Waals surface area contributed by atoms with Gasteiger partial charge in [0, 0.05) is 12.6 Å². The van der Waals surface area contributed by atoms with E-state index in [0.29, 0.717) is 0 Å². The van der Waals surface area contributed by atoms with Gasteiger partial charge in [0.1, 0.15) is 13.2 Å². The highest BCUT2D eigenvalue weighted by atomic mass is 16.5. The molecule has 0 aliphatic carbocycles. The Bertz CT molecular complexity index is 457. The lowest BCUT2D eigenvalue weighted by Gasteiger charge is -2.28. The third kappa shape index (κ3) is 2.57. The number of amides is 2. The van der Waals surface area contributed by atoms with E-state index in [1.165, 1.54) is 4.90 Å². The van der Waals surface area contributed by atoms with Crippen LogP contribution in [0.4, 0.5) is 0 Å². The highest BCUT2D eigenvalue weighted by Gasteiger charge is 2.28. The first kappa shape index (κ1) is 12.7. The number of rotatable bonds is 3. The second kappa shape index (κ2) is 5.29. The van der Waals surface area contributed by atoms with Crippen molar-refractivity contribution in [1.29, 1.82) is 0 Å². The molecular formula is C13H16N2O3. The molecule has 1 saturated heterocycles. The molecular weight excluding hydrogens is 232 g/mol. The van der Waals surface area contributed by atoms with E-state index in [0.717, 1.165) is 11.1 Å². The number of imide groups is 1. The summed E-state index contributed by atoms with van der Waals surface area (Å²) in [4.78, 5) is 24.3. The predicted molar refractivity (Wildman–Crippen MR) is 65.6 cm³/mol. The zero-order valence-corrected chi connectivity index (χ0v) is 10.3. The number of hydrogen-bond acceptors (Lipinski definition) is 4. The van der Waals surface area contributed by atoms with Crippen LogP contribution in [0, 0.1) is 6.92 Å². The first-order chi connectivity index (χ1) is 8.59. The Morgan fingerprint density at radius 3 is 2.50 bits per heavy atom. The molecule has 1 aliphatic heterocycles. The predicted octanol–water partition coefficient (Wildman–Crippen LogP) is 0.380. The second-order valence-electron chi connectivity index (χ2n) is 4.35. The van der Waals surface area contributed by atoms with Gasteiger partial charge in [-0.3, -0.25) is 14.5 Å². The summed E-state index contributed by atoms with van der Waals surface area (Å²) in [6, 6.07) is 7.33. The maximum absolute atomic E-state index is 11.6. The number of ether oxygens (including phenoxy) is 1. The molecule has 0 saturated carbocycles. The number of nitrogens with two attached hydrogens (primary N) is 1. The summed E-state index contributed by atoms with van der Waals surface area (Å²) in [5.41, 5.74) is 8.07. The van der Waals surface area contributed by atoms with Crippen LogP contribution in [0.5, 0.6) is 0 Å². The van der Waals surface area contributed by atoms with E-state index in [1.807, 2.05) is 31.2 Å². The van der Waals surface area contributed by atoms with Crippen LogP contribution in [0.1, 0.15) is 17.2 Å². The lowest BCUT2D eigenvalue weighted by atomic mass is 10.0. The molecule has 0 aromatic heterocycles. The van der Waals surface area contributed by atoms with Gasteiger partial charge in [-0.15, -0.1) is 0 Å². The van der Waals surface area contributed by atoms with E-state index < -0.39 is 0 Å². The van der Waals surface area contributed by atoms with E-state index in [9.17, 15) is 9.59 Å². The standard InChI is InChI=1S/C13H16N2O3/c1-9-4-2-3-5-10(9)11(14)6-15-12(16)7-18-8-13(15)17/h2-5,11H,6-8,14H2,1H3. The van der Waals surface area contributed by atoms with Crippen molar-refractivity contribution in [3.63, 3.8) is 0 Å². The third-order valence-corrected chi connectivity index (χ3v) is 3.02. The van der Waals surface area contributed by atoms with Gasteiger partial charge >= 0.3 is 0 Å². The zero-order chi connectivity index (χ0) is 13.1. The Balaban J connectivity index is 2.11. The average Bonchev–Trinajstić information content (AvgIpc) is 2.34. The molecule has 5 heteroatoms. The molecule has 1 aromatic carbocycles. The van der Waals surface area contributed by atoms with Crippen molar-refractivity contribution >= 4 is 11.8 Å². The maximum Gasteiger partial charge on any atom is 0.255 e. The summed E-state index contributed by atoms with van der Waals surface area (Å²) < 4.78 is 4.85. The monoisotopic (exact) mass is 248 g/mol. The summed E-state index contributed by atoms with van der Waals surface area (Å²) in [5.74, 6) is -0.648. The number of morpholine rings is 1. The van der Waals surface area contributed by atoms with Crippen molar-refractivity contribution in [3.8, 4) is 0 Å². The highest BCUT2D eigenvalue weighted by molar-refractivity contribution is 5.98.